The van der Waals surface area contributed by atoms with E-state index in [9.17, 15) is 4.79 Å². The fourth-order valence-electron chi connectivity index (χ4n) is 2.20. The van der Waals surface area contributed by atoms with Gasteiger partial charge in [-0.1, -0.05) is 35.5 Å². The van der Waals surface area contributed by atoms with Gasteiger partial charge in [0.05, 0.1) is 6.54 Å². The molecule has 3 aromatic rings. The molecule has 122 valence electrons. The Balaban J connectivity index is 1.55. The van der Waals surface area contributed by atoms with Crippen LogP contribution in [0.25, 0.3) is 11.4 Å². The number of para-hydroxylation sites is 1. The molecule has 24 heavy (non-hydrogen) atoms. The number of carbonyl (C=O) groups is 1. The van der Waals surface area contributed by atoms with Crippen molar-refractivity contribution in [2.75, 3.05) is 20.2 Å². The van der Waals surface area contributed by atoms with Crippen molar-refractivity contribution in [1.29, 1.82) is 0 Å². The van der Waals surface area contributed by atoms with Crippen molar-refractivity contribution in [1.82, 2.24) is 15.0 Å². The van der Waals surface area contributed by atoms with Gasteiger partial charge >= 0.3 is 0 Å². The summed E-state index contributed by atoms with van der Waals surface area (Å²) in [5, 5.41) is 3.77. The molecule has 0 aliphatic carbocycles. The summed E-state index contributed by atoms with van der Waals surface area (Å²) in [5.74, 6) is 1.23. The average molecular weight is 323 g/mol. The van der Waals surface area contributed by atoms with Gasteiger partial charge in [0.25, 0.3) is 5.91 Å². The van der Waals surface area contributed by atoms with Gasteiger partial charge in [0.15, 0.2) is 0 Å². The van der Waals surface area contributed by atoms with Gasteiger partial charge in [-0.15, -0.1) is 0 Å². The molecule has 0 radical (unpaired) electrons. The molecule has 0 N–H and O–H groups in total. The number of likely N-dealkylation sites (N-methyl/N-ethyl adjacent to an activating group) is 1. The molecule has 0 spiro atoms. The number of hydrogen-bond donors (Lipinski definition) is 0. The molecule has 0 atom stereocenters. The molecule has 1 aromatic heterocycles. The van der Waals surface area contributed by atoms with Crippen molar-refractivity contribution < 1.29 is 14.1 Å². The molecule has 6 heteroatoms. The quantitative estimate of drug-likeness (QED) is 0.698. The lowest BCUT2D eigenvalue weighted by Gasteiger charge is -2.17. The summed E-state index contributed by atoms with van der Waals surface area (Å²) < 4.78 is 10.3. The van der Waals surface area contributed by atoms with Crippen LogP contribution in [0.1, 0.15) is 10.4 Å². The molecule has 0 bridgehead atoms. The highest BCUT2D eigenvalue weighted by Gasteiger charge is 2.12. The van der Waals surface area contributed by atoms with Crippen LogP contribution in [0.3, 0.4) is 0 Å². The lowest BCUT2D eigenvalue weighted by molar-refractivity contribution is 0.0774. The first-order valence-corrected chi connectivity index (χ1v) is 7.54. The average Bonchev–Trinajstić information content (AvgIpc) is 3.17. The van der Waals surface area contributed by atoms with Crippen LogP contribution < -0.4 is 4.74 Å². The largest absolute Gasteiger partial charge is 0.492 e. The van der Waals surface area contributed by atoms with Crippen LogP contribution >= 0.6 is 0 Å². The maximum absolute atomic E-state index is 12.4. The standard InChI is InChI=1S/C18H17N3O3/c1-21(11-12-23-16-5-3-2-4-6-16)18(22)15-9-7-14(8-10-15)17-19-13-24-20-17/h2-10,13H,11-12H2,1H3. The smallest absolute Gasteiger partial charge is 0.253 e. The van der Waals surface area contributed by atoms with E-state index in [-0.39, 0.29) is 5.91 Å². The van der Waals surface area contributed by atoms with E-state index < -0.39 is 0 Å². The predicted octanol–water partition coefficient (Wildman–Crippen LogP) is 2.89. The van der Waals surface area contributed by atoms with Crippen LogP contribution in [0.4, 0.5) is 0 Å². The number of hydrogen-bond acceptors (Lipinski definition) is 5. The van der Waals surface area contributed by atoms with Crippen LogP contribution in [0.15, 0.2) is 65.5 Å². The van der Waals surface area contributed by atoms with Gasteiger partial charge < -0.3 is 14.2 Å². The highest BCUT2D eigenvalue weighted by molar-refractivity contribution is 5.94. The first-order valence-electron chi connectivity index (χ1n) is 7.54. The summed E-state index contributed by atoms with van der Waals surface area (Å²) in [5.41, 5.74) is 1.40. The number of ether oxygens (including phenoxy) is 1. The van der Waals surface area contributed by atoms with Gasteiger partial charge in [0.2, 0.25) is 12.2 Å². The third-order valence-corrected chi connectivity index (χ3v) is 3.54. The van der Waals surface area contributed by atoms with Crippen LogP contribution in [0, 0.1) is 0 Å². The van der Waals surface area contributed by atoms with Crippen molar-refractivity contribution >= 4 is 5.91 Å². The molecular weight excluding hydrogens is 306 g/mol. The van der Waals surface area contributed by atoms with Crippen molar-refractivity contribution in [3.05, 3.63) is 66.6 Å². The summed E-state index contributed by atoms with van der Waals surface area (Å²) >= 11 is 0. The zero-order valence-corrected chi connectivity index (χ0v) is 13.3. The SMILES string of the molecule is CN(CCOc1ccccc1)C(=O)c1ccc(-c2ncon2)cc1. The maximum atomic E-state index is 12.4. The number of amides is 1. The van der Waals surface area contributed by atoms with E-state index >= 15 is 0 Å². The Morgan fingerprint density at radius 2 is 1.88 bits per heavy atom. The van der Waals surface area contributed by atoms with Crippen LogP contribution in [0.5, 0.6) is 5.75 Å². The Kier molecular flexibility index (Phi) is 4.86. The van der Waals surface area contributed by atoms with Gasteiger partial charge in [-0.25, -0.2) is 0 Å². The van der Waals surface area contributed by atoms with E-state index in [2.05, 4.69) is 10.1 Å². The summed E-state index contributed by atoms with van der Waals surface area (Å²) in [6, 6.07) is 16.6. The molecule has 0 saturated carbocycles. The lowest BCUT2D eigenvalue weighted by atomic mass is 10.1. The minimum absolute atomic E-state index is 0.0636. The van der Waals surface area contributed by atoms with Crippen molar-refractivity contribution in [3.63, 3.8) is 0 Å². The van der Waals surface area contributed by atoms with Crippen LogP contribution in [0.2, 0.25) is 0 Å². The van der Waals surface area contributed by atoms with E-state index in [0.717, 1.165) is 11.3 Å². The minimum atomic E-state index is -0.0636. The number of carbonyl (C=O) groups excluding carboxylic acids is 1. The van der Waals surface area contributed by atoms with E-state index in [4.69, 9.17) is 9.26 Å². The molecule has 0 fully saturated rings. The van der Waals surface area contributed by atoms with E-state index in [1.54, 1.807) is 36.2 Å². The van der Waals surface area contributed by atoms with Gasteiger partial charge in [-0.2, -0.15) is 4.98 Å². The second kappa shape index (κ2) is 7.41. The Bertz CT molecular complexity index is 771. The molecule has 0 saturated heterocycles. The Hall–Kier alpha value is -3.15. The Morgan fingerprint density at radius 1 is 1.12 bits per heavy atom. The first-order chi connectivity index (χ1) is 11.7. The molecule has 0 aliphatic rings. The second-order valence-electron chi connectivity index (χ2n) is 5.22. The predicted molar refractivity (Wildman–Crippen MR) is 88.6 cm³/mol. The summed E-state index contributed by atoms with van der Waals surface area (Å²) in [6.07, 6.45) is 1.27. The van der Waals surface area contributed by atoms with Gasteiger partial charge in [-0.05, 0) is 24.3 Å². The van der Waals surface area contributed by atoms with Crippen LogP contribution in [-0.2, 0) is 0 Å². The fraction of sp³-hybridized carbons (Fsp3) is 0.167. The topological polar surface area (TPSA) is 68.5 Å². The van der Waals surface area contributed by atoms with E-state index in [1.165, 1.54) is 6.39 Å². The number of benzene rings is 2. The zero-order valence-electron chi connectivity index (χ0n) is 13.3. The molecule has 1 heterocycles. The van der Waals surface area contributed by atoms with E-state index in [1.807, 2.05) is 30.3 Å². The second-order valence-corrected chi connectivity index (χ2v) is 5.22. The van der Waals surface area contributed by atoms with Gasteiger partial charge in [-0.3, -0.25) is 4.79 Å². The molecular formula is C18H17N3O3. The maximum Gasteiger partial charge on any atom is 0.253 e. The monoisotopic (exact) mass is 323 g/mol. The number of aromatic nitrogens is 2. The summed E-state index contributed by atoms with van der Waals surface area (Å²) in [7, 11) is 1.75. The summed E-state index contributed by atoms with van der Waals surface area (Å²) in [6.45, 7) is 0.938. The molecule has 6 nitrogen and oxygen atoms in total. The highest BCUT2D eigenvalue weighted by Crippen LogP contribution is 2.16. The number of rotatable bonds is 6. The molecule has 0 aliphatic heterocycles. The summed E-state index contributed by atoms with van der Waals surface area (Å²) in [4.78, 5) is 18.0. The van der Waals surface area contributed by atoms with E-state index in [0.29, 0.717) is 24.5 Å². The molecule has 0 unspecified atom stereocenters. The third-order valence-electron chi connectivity index (χ3n) is 3.54. The fourth-order valence-corrected chi connectivity index (χ4v) is 2.20. The number of nitrogens with zero attached hydrogens (tertiary/aromatic N) is 3. The van der Waals surface area contributed by atoms with Crippen molar-refractivity contribution in [2.24, 2.45) is 0 Å². The van der Waals surface area contributed by atoms with Crippen molar-refractivity contribution in [3.8, 4) is 17.1 Å². The molecule has 2 aromatic carbocycles. The lowest BCUT2D eigenvalue weighted by Crippen LogP contribution is -2.30. The minimum Gasteiger partial charge on any atom is -0.492 e. The van der Waals surface area contributed by atoms with Crippen molar-refractivity contribution in [2.45, 2.75) is 0 Å². The third kappa shape index (κ3) is 3.78. The Morgan fingerprint density at radius 3 is 2.54 bits per heavy atom. The van der Waals surface area contributed by atoms with Gasteiger partial charge in [0, 0.05) is 18.2 Å². The highest BCUT2D eigenvalue weighted by atomic mass is 16.5. The van der Waals surface area contributed by atoms with Crippen LogP contribution in [-0.4, -0.2) is 41.1 Å². The molecule has 3 rings (SSSR count). The molecule has 1 amide bonds. The Labute approximate surface area is 139 Å². The van der Waals surface area contributed by atoms with Gasteiger partial charge in [0.1, 0.15) is 12.4 Å². The normalized spacial score (nSPS) is 10.4. The first kappa shape index (κ1) is 15.7. The zero-order chi connectivity index (χ0) is 16.8.